The van der Waals surface area contributed by atoms with Crippen LogP contribution in [0.25, 0.3) is 5.69 Å². The van der Waals surface area contributed by atoms with Crippen molar-refractivity contribution in [3.8, 4) is 5.69 Å². The van der Waals surface area contributed by atoms with Crippen molar-refractivity contribution in [3.63, 3.8) is 0 Å². The molecule has 0 spiro atoms. The lowest BCUT2D eigenvalue weighted by atomic mass is 10.3. The molecule has 3 nitrogen and oxygen atoms in total. The van der Waals surface area contributed by atoms with Gasteiger partial charge in [-0.05, 0) is 36.5 Å². The number of rotatable bonds is 4. The molecule has 0 aliphatic heterocycles. The van der Waals surface area contributed by atoms with E-state index in [1.807, 2.05) is 53.1 Å². The quantitative estimate of drug-likeness (QED) is 0.578. The molecule has 0 bridgehead atoms. The summed E-state index contributed by atoms with van der Waals surface area (Å²) in [5.41, 5.74) is 1.04. The number of hydrogen-bond donors (Lipinski definition) is 1. The molecule has 0 unspecified atom stereocenters. The molecule has 0 aliphatic carbocycles. The van der Waals surface area contributed by atoms with Gasteiger partial charge in [0.1, 0.15) is 5.82 Å². The van der Waals surface area contributed by atoms with Crippen LogP contribution in [0.5, 0.6) is 0 Å². The first kappa shape index (κ1) is 13.1. The third-order valence-electron chi connectivity index (χ3n) is 2.87. The molecule has 0 saturated carbocycles. The smallest absolute Gasteiger partial charge is 0.199 e. The van der Waals surface area contributed by atoms with Crippen molar-refractivity contribution in [1.29, 1.82) is 0 Å². The Bertz CT molecular complexity index is 733. The van der Waals surface area contributed by atoms with Gasteiger partial charge in [0, 0.05) is 10.6 Å². The number of benzene rings is 2. The molecule has 0 amide bonds. The minimum Gasteiger partial charge on any atom is -0.271 e. The molecule has 0 radical (unpaired) electrons. The molecular weight excluding hydrogens is 286 g/mol. The zero-order valence-electron chi connectivity index (χ0n) is 10.7. The van der Waals surface area contributed by atoms with Gasteiger partial charge in [-0.25, -0.2) is 0 Å². The normalized spacial score (nSPS) is 10.6. The Hall–Kier alpha value is -1.85. The van der Waals surface area contributed by atoms with Gasteiger partial charge in [-0.15, -0.1) is 11.8 Å². The Morgan fingerprint density at radius 1 is 1.00 bits per heavy atom. The highest BCUT2D eigenvalue weighted by atomic mass is 32.2. The molecule has 3 rings (SSSR count). The minimum atomic E-state index is 0.625. The van der Waals surface area contributed by atoms with Gasteiger partial charge in [0.05, 0.1) is 5.75 Å². The maximum absolute atomic E-state index is 5.32. The van der Waals surface area contributed by atoms with E-state index < -0.39 is 0 Å². The molecule has 1 heterocycles. The SMILES string of the molecule is S=c1[nH]nc(CSc2ccccc2)n1-c1ccccc1. The van der Waals surface area contributed by atoms with E-state index in [1.54, 1.807) is 11.8 Å². The van der Waals surface area contributed by atoms with Crippen molar-refractivity contribution in [2.75, 3.05) is 0 Å². The molecular formula is C15H13N3S2. The molecule has 0 aliphatic rings. The van der Waals surface area contributed by atoms with E-state index in [4.69, 9.17) is 12.2 Å². The average molecular weight is 299 g/mol. The molecule has 100 valence electrons. The van der Waals surface area contributed by atoms with E-state index in [-0.39, 0.29) is 0 Å². The highest BCUT2D eigenvalue weighted by Gasteiger charge is 2.08. The van der Waals surface area contributed by atoms with Gasteiger partial charge in [0.2, 0.25) is 0 Å². The van der Waals surface area contributed by atoms with Crippen molar-refractivity contribution in [2.24, 2.45) is 0 Å². The first-order chi connectivity index (χ1) is 9.84. The molecule has 0 saturated heterocycles. The standard InChI is InChI=1S/C15H13N3S2/c19-15-17-16-14(11-20-13-9-5-2-6-10-13)18(15)12-7-3-1-4-8-12/h1-10H,11H2,(H,17,19). The second-order valence-electron chi connectivity index (χ2n) is 4.22. The summed E-state index contributed by atoms with van der Waals surface area (Å²) in [5.74, 6) is 1.70. The summed E-state index contributed by atoms with van der Waals surface area (Å²) >= 11 is 7.07. The van der Waals surface area contributed by atoms with Gasteiger partial charge >= 0.3 is 0 Å². The van der Waals surface area contributed by atoms with E-state index in [2.05, 4.69) is 22.3 Å². The van der Waals surface area contributed by atoms with E-state index in [0.717, 1.165) is 17.3 Å². The fourth-order valence-corrected chi connectivity index (χ4v) is 3.03. The Morgan fingerprint density at radius 3 is 2.35 bits per heavy atom. The number of nitrogens with zero attached hydrogens (tertiary/aromatic N) is 2. The van der Waals surface area contributed by atoms with Crippen LogP contribution in [0.1, 0.15) is 5.82 Å². The van der Waals surface area contributed by atoms with Crippen LogP contribution in [0.15, 0.2) is 65.6 Å². The van der Waals surface area contributed by atoms with Crippen molar-refractivity contribution in [1.82, 2.24) is 14.8 Å². The van der Waals surface area contributed by atoms with E-state index in [0.29, 0.717) is 4.77 Å². The van der Waals surface area contributed by atoms with E-state index in [9.17, 15) is 0 Å². The van der Waals surface area contributed by atoms with Gasteiger partial charge in [0.15, 0.2) is 4.77 Å². The monoisotopic (exact) mass is 299 g/mol. The van der Waals surface area contributed by atoms with Crippen LogP contribution in [0.3, 0.4) is 0 Å². The summed E-state index contributed by atoms with van der Waals surface area (Å²) in [6.45, 7) is 0. The highest BCUT2D eigenvalue weighted by molar-refractivity contribution is 7.98. The highest BCUT2D eigenvalue weighted by Crippen LogP contribution is 2.22. The van der Waals surface area contributed by atoms with Crippen molar-refractivity contribution in [3.05, 3.63) is 71.3 Å². The number of hydrogen-bond acceptors (Lipinski definition) is 3. The lowest BCUT2D eigenvalue weighted by Crippen LogP contribution is -1.99. The molecule has 1 aromatic heterocycles. The molecule has 0 fully saturated rings. The van der Waals surface area contributed by atoms with E-state index in [1.165, 1.54) is 4.90 Å². The number of H-pyrrole nitrogens is 1. The average Bonchev–Trinajstić information content (AvgIpc) is 2.88. The predicted molar refractivity (Wildman–Crippen MR) is 84.8 cm³/mol. The molecule has 2 aromatic carbocycles. The number of para-hydroxylation sites is 1. The van der Waals surface area contributed by atoms with Crippen LogP contribution in [0, 0.1) is 4.77 Å². The maximum atomic E-state index is 5.32. The first-order valence-electron chi connectivity index (χ1n) is 6.24. The van der Waals surface area contributed by atoms with E-state index >= 15 is 0 Å². The molecule has 0 atom stereocenters. The Balaban J connectivity index is 1.87. The van der Waals surface area contributed by atoms with Crippen molar-refractivity contribution in [2.45, 2.75) is 10.6 Å². The summed E-state index contributed by atoms with van der Waals surface area (Å²) in [4.78, 5) is 1.22. The molecule has 5 heteroatoms. The molecule has 3 aromatic rings. The van der Waals surface area contributed by atoms with Crippen LogP contribution in [-0.4, -0.2) is 14.8 Å². The molecule has 20 heavy (non-hydrogen) atoms. The van der Waals surface area contributed by atoms with Crippen LogP contribution in [-0.2, 0) is 5.75 Å². The first-order valence-corrected chi connectivity index (χ1v) is 7.63. The lowest BCUT2D eigenvalue weighted by Gasteiger charge is -2.06. The number of nitrogens with one attached hydrogen (secondary N) is 1. The largest absolute Gasteiger partial charge is 0.271 e. The maximum Gasteiger partial charge on any atom is 0.199 e. The minimum absolute atomic E-state index is 0.625. The summed E-state index contributed by atoms with van der Waals surface area (Å²) in [6.07, 6.45) is 0. The lowest BCUT2D eigenvalue weighted by molar-refractivity contribution is 0.949. The number of thioether (sulfide) groups is 1. The topological polar surface area (TPSA) is 33.6 Å². The van der Waals surface area contributed by atoms with Crippen molar-refractivity contribution < 1.29 is 0 Å². The summed E-state index contributed by atoms with van der Waals surface area (Å²) < 4.78 is 2.60. The fraction of sp³-hybridized carbons (Fsp3) is 0.0667. The number of aromatic amines is 1. The Labute approximate surface area is 126 Å². The van der Waals surface area contributed by atoms with Crippen LogP contribution in [0.4, 0.5) is 0 Å². The van der Waals surface area contributed by atoms with Gasteiger partial charge in [0.25, 0.3) is 0 Å². The Kier molecular flexibility index (Phi) is 3.99. The van der Waals surface area contributed by atoms with Crippen LogP contribution in [0.2, 0.25) is 0 Å². The van der Waals surface area contributed by atoms with Gasteiger partial charge < -0.3 is 0 Å². The van der Waals surface area contributed by atoms with Gasteiger partial charge in [-0.3, -0.25) is 9.67 Å². The van der Waals surface area contributed by atoms with Gasteiger partial charge in [-0.1, -0.05) is 36.4 Å². The number of aromatic nitrogens is 3. The third-order valence-corrected chi connectivity index (χ3v) is 4.15. The second kappa shape index (κ2) is 6.07. The third kappa shape index (κ3) is 2.84. The summed E-state index contributed by atoms with van der Waals surface area (Å²) in [5, 5.41) is 7.21. The fourth-order valence-electron chi connectivity index (χ4n) is 1.93. The second-order valence-corrected chi connectivity index (χ2v) is 5.65. The van der Waals surface area contributed by atoms with Crippen molar-refractivity contribution >= 4 is 24.0 Å². The van der Waals surface area contributed by atoms with Crippen LogP contribution >= 0.6 is 24.0 Å². The van der Waals surface area contributed by atoms with Crippen LogP contribution < -0.4 is 0 Å². The predicted octanol–water partition coefficient (Wildman–Crippen LogP) is 4.22. The molecule has 1 N–H and O–H groups in total. The zero-order chi connectivity index (χ0) is 13.8. The Morgan fingerprint density at radius 2 is 1.65 bits per heavy atom. The van der Waals surface area contributed by atoms with Gasteiger partial charge in [-0.2, -0.15) is 5.10 Å². The zero-order valence-corrected chi connectivity index (χ0v) is 12.3. The summed E-state index contributed by atoms with van der Waals surface area (Å²) in [6, 6.07) is 20.3. The summed E-state index contributed by atoms with van der Waals surface area (Å²) in [7, 11) is 0.